The van der Waals surface area contributed by atoms with Crippen molar-refractivity contribution in [1.82, 2.24) is 4.98 Å². The van der Waals surface area contributed by atoms with E-state index >= 15 is 0 Å². The Morgan fingerprint density at radius 2 is 2.43 bits per heavy atom. The molecule has 14 heavy (non-hydrogen) atoms. The van der Waals surface area contributed by atoms with Crippen molar-refractivity contribution in [1.29, 1.82) is 0 Å². The van der Waals surface area contributed by atoms with Crippen LogP contribution < -0.4 is 0 Å². The van der Waals surface area contributed by atoms with Crippen molar-refractivity contribution in [2.75, 3.05) is 0 Å². The highest BCUT2D eigenvalue weighted by Crippen LogP contribution is 2.25. The molecule has 1 unspecified atom stereocenters. The Morgan fingerprint density at radius 1 is 1.64 bits per heavy atom. The second-order valence-corrected chi connectivity index (χ2v) is 3.57. The predicted molar refractivity (Wildman–Crippen MR) is 56.5 cm³/mol. The molecule has 1 rings (SSSR count). The van der Waals surface area contributed by atoms with Gasteiger partial charge in [0.2, 0.25) is 0 Å². The Kier molecular flexibility index (Phi) is 3.67. The maximum absolute atomic E-state index is 10.1. The standard InChI is InChI=1S/C12H15NO/c1-3-4-5-8-12(2,14)11-7-6-9-13-10-11/h1,6-7,9-10,14H,4-5,8H2,2H3. The molecular formula is C12H15NO. The summed E-state index contributed by atoms with van der Waals surface area (Å²) < 4.78 is 0. The zero-order valence-corrected chi connectivity index (χ0v) is 8.40. The average molecular weight is 189 g/mol. The molecule has 74 valence electrons. The monoisotopic (exact) mass is 189 g/mol. The lowest BCUT2D eigenvalue weighted by Crippen LogP contribution is -2.20. The molecule has 0 saturated carbocycles. The van der Waals surface area contributed by atoms with Gasteiger partial charge in [-0.2, -0.15) is 0 Å². The van der Waals surface area contributed by atoms with E-state index in [1.807, 2.05) is 12.1 Å². The van der Waals surface area contributed by atoms with Crippen molar-refractivity contribution < 1.29 is 5.11 Å². The first-order valence-electron chi connectivity index (χ1n) is 4.73. The van der Waals surface area contributed by atoms with Crippen molar-refractivity contribution >= 4 is 0 Å². The molecule has 1 heterocycles. The fourth-order valence-corrected chi connectivity index (χ4v) is 1.36. The highest BCUT2D eigenvalue weighted by atomic mass is 16.3. The Labute approximate surface area is 85.0 Å². The van der Waals surface area contributed by atoms with E-state index in [1.165, 1.54) is 0 Å². The van der Waals surface area contributed by atoms with Crippen LogP contribution in [0.25, 0.3) is 0 Å². The van der Waals surface area contributed by atoms with E-state index < -0.39 is 5.60 Å². The van der Waals surface area contributed by atoms with Gasteiger partial charge in [0.1, 0.15) is 0 Å². The van der Waals surface area contributed by atoms with Crippen molar-refractivity contribution in [2.24, 2.45) is 0 Å². The molecule has 1 aromatic rings. The number of aromatic nitrogens is 1. The van der Waals surface area contributed by atoms with Gasteiger partial charge in [0.15, 0.2) is 0 Å². The van der Waals surface area contributed by atoms with Crippen LogP contribution in [0.15, 0.2) is 24.5 Å². The van der Waals surface area contributed by atoms with Crippen LogP contribution in [0.4, 0.5) is 0 Å². The third kappa shape index (κ3) is 2.86. The van der Waals surface area contributed by atoms with E-state index in [0.29, 0.717) is 12.8 Å². The summed E-state index contributed by atoms with van der Waals surface area (Å²) in [4.78, 5) is 3.98. The molecule has 0 aliphatic carbocycles. The summed E-state index contributed by atoms with van der Waals surface area (Å²) in [6.07, 6.45) is 10.7. The molecule has 0 amide bonds. The van der Waals surface area contributed by atoms with Gasteiger partial charge in [-0.15, -0.1) is 12.3 Å². The molecule has 0 aliphatic rings. The molecule has 0 spiro atoms. The molecule has 1 aromatic heterocycles. The largest absolute Gasteiger partial charge is 0.385 e. The minimum atomic E-state index is -0.814. The van der Waals surface area contributed by atoms with Crippen molar-refractivity contribution in [3.05, 3.63) is 30.1 Å². The van der Waals surface area contributed by atoms with Crippen LogP contribution in [0.3, 0.4) is 0 Å². The lowest BCUT2D eigenvalue weighted by Gasteiger charge is -2.22. The van der Waals surface area contributed by atoms with Gasteiger partial charge < -0.3 is 5.11 Å². The van der Waals surface area contributed by atoms with Gasteiger partial charge in [0.05, 0.1) is 5.60 Å². The molecule has 2 nitrogen and oxygen atoms in total. The summed E-state index contributed by atoms with van der Waals surface area (Å²) in [7, 11) is 0. The molecule has 0 fully saturated rings. The minimum Gasteiger partial charge on any atom is -0.385 e. The first-order valence-corrected chi connectivity index (χ1v) is 4.73. The van der Waals surface area contributed by atoms with Crippen LogP contribution in [-0.2, 0) is 5.60 Å². The van der Waals surface area contributed by atoms with Gasteiger partial charge in [0, 0.05) is 24.4 Å². The molecule has 0 aliphatic heterocycles. The van der Waals surface area contributed by atoms with Gasteiger partial charge in [-0.05, 0) is 25.8 Å². The summed E-state index contributed by atoms with van der Waals surface area (Å²) in [6, 6.07) is 3.70. The summed E-state index contributed by atoms with van der Waals surface area (Å²) in [5.41, 5.74) is 0.0301. The Bertz CT molecular complexity index is 311. The van der Waals surface area contributed by atoms with Crippen LogP contribution in [0.2, 0.25) is 0 Å². The van der Waals surface area contributed by atoms with Gasteiger partial charge >= 0.3 is 0 Å². The van der Waals surface area contributed by atoms with Crippen LogP contribution >= 0.6 is 0 Å². The highest BCUT2D eigenvalue weighted by molar-refractivity contribution is 5.16. The van der Waals surface area contributed by atoms with Crippen LogP contribution in [0, 0.1) is 12.3 Å². The maximum atomic E-state index is 10.1. The first kappa shape index (κ1) is 10.7. The molecular weight excluding hydrogens is 174 g/mol. The number of terminal acetylenes is 1. The van der Waals surface area contributed by atoms with Crippen LogP contribution in [-0.4, -0.2) is 10.1 Å². The number of aliphatic hydroxyl groups is 1. The Balaban J connectivity index is 2.62. The number of rotatable bonds is 4. The molecule has 0 bridgehead atoms. The van der Waals surface area contributed by atoms with E-state index in [9.17, 15) is 5.11 Å². The fourth-order valence-electron chi connectivity index (χ4n) is 1.36. The minimum absolute atomic E-state index is 0.670. The van der Waals surface area contributed by atoms with Crippen LogP contribution in [0.1, 0.15) is 31.7 Å². The fraction of sp³-hybridized carbons (Fsp3) is 0.417. The lowest BCUT2D eigenvalue weighted by atomic mass is 9.92. The lowest BCUT2D eigenvalue weighted by molar-refractivity contribution is 0.0457. The molecule has 1 atom stereocenters. The number of unbranched alkanes of at least 4 members (excludes halogenated alkanes) is 1. The first-order chi connectivity index (χ1) is 6.67. The second-order valence-electron chi connectivity index (χ2n) is 3.57. The number of nitrogens with zero attached hydrogens (tertiary/aromatic N) is 1. The van der Waals surface area contributed by atoms with Gasteiger partial charge in [-0.25, -0.2) is 0 Å². The van der Waals surface area contributed by atoms with E-state index in [4.69, 9.17) is 6.42 Å². The average Bonchev–Trinajstić information content (AvgIpc) is 2.19. The van der Waals surface area contributed by atoms with Gasteiger partial charge in [-0.1, -0.05) is 6.07 Å². The van der Waals surface area contributed by atoms with E-state index in [2.05, 4.69) is 10.9 Å². The van der Waals surface area contributed by atoms with E-state index in [0.717, 1.165) is 12.0 Å². The number of hydrogen-bond donors (Lipinski definition) is 1. The summed E-state index contributed by atoms with van der Waals surface area (Å²) >= 11 is 0. The quantitative estimate of drug-likeness (QED) is 0.581. The maximum Gasteiger partial charge on any atom is 0.0883 e. The number of hydrogen-bond acceptors (Lipinski definition) is 2. The van der Waals surface area contributed by atoms with E-state index in [-0.39, 0.29) is 0 Å². The topological polar surface area (TPSA) is 33.1 Å². The van der Waals surface area contributed by atoms with Crippen LogP contribution in [0.5, 0.6) is 0 Å². The van der Waals surface area contributed by atoms with Gasteiger partial charge in [0.25, 0.3) is 0 Å². The Morgan fingerprint density at radius 3 is 3.00 bits per heavy atom. The van der Waals surface area contributed by atoms with Crippen molar-refractivity contribution in [3.8, 4) is 12.3 Å². The predicted octanol–water partition coefficient (Wildman–Crippen LogP) is 2.09. The molecule has 2 heteroatoms. The molecule has 0 aromatic carbocycles. The van der Waals surface area contributed by atoms with Crippen molar-refractivity contribution in [2.45, 2.75) is 31.8 Å². The Hall–Kier alpha value is -1.33. The van der Waals surface area contributed by atoms with E-state index in [1.54, 1.807) is 19.3 Å². The third-order valence-corrected chi connectivity index (χ3v) is 2.27. The summed E-state index contributed by atoms with van der Waals surface area (Å²) in [5, 5.41) is 10.1. The summed E-state index contributed by atoms with van der Waals surface area (Å²) in [6.45, 7) is 1.79. The number of pyridine rings is 1. The smallest absolute Gasteiger partial charge is 0.0883 e. The zero-order chi connectivity index (χ0) is 10.4. The highest BCUT2D eigenvalue weighted by Gasteiger charge is 2.21. The normalized spacial score (nSPS) is 14.4. The molecule has 1 N–H and O–H groups in total. The second kappa shape index (κ2) is 4.78. The molecule has 0 radical (unpaired) electrons. The van der Waals surface area contributed by atoms with Gasteiger partial charge in [-0.3, -0.25) is 4.98 Å². The zero-order valence-electron chi connectivity index (χ0n) is 8.40. The molecule has 0 saturated heterocycles. The summed E-state index contributed by atoms with van der Waals surface area (Å²) in [5.74, 6) is 2.57. The SMILES string of the molecule is C#CCCCC(C)(O)c1cccnc1. The van der Waals surface area contributed by atoms with Crippen molar-refractivity contribution in [3.63, 3.8) is 0 Å². The third-order valence-electron chi connectivity index (χ3n) is 2.27.